The van der Waals surface area contributed by atoms with Crippen molar-refractivity contribution in [3.05, 3.63) is 29.8 Å². The van der Waals surface area contributed by atoms with E-state index in [0.717, 1.165) is 5.69 Å². The van der Waals surface area contributed by atoms with Gasteiger partial charge in [0.25, 0.3) is 0 Å². The molecule has 0 saturated heterocycles. The summed E-state index contributed by atoms with van der Waals surface area (Å²) in [4.78, 5) is 13.5. The summed E-state index contributed by atoms with van der Waals surface area (Å²) in [5.41, 5.74) is 2.39. The molecule has 0 spiro atoms. The highest BCUT2D eigenvalue weighted by molar-refractivity contribution is 5.95. The highest BCUT2D eigenvalue weighted by Crippen LogP contribution is 2.44. The van der Waals surface area contributed by atoms with Crippen LogP contribution in [0.25, 0.3) is 0 Å². The van der Waals surface area contributed by atoms with E-state index in [9.17, 15) is 4.79 Å². The first-order valence-electron chi connectivity index (χ1n) is 5.35. The number of hydrogen-bond acceptors (Lipinski definition) is 1. The molecule has 1 heterocycles. The lowest BCUT2D eigenvalue weighted by molar-refractivity contribution is -0.117. The van der Waals surface area contributed by atoms with Crippen LogP contribution in [0.15, 0.2) is 24.3 Å². The van der Waals surface area contributed by atoms with Crippen molar-refractivity contribution in [3.63, 3.8) is 0 Å². The Hall–Kier alpha value is -1.31. The minimum atomic E-state index is 0.0439. The van der Waals surface area contributed by atoms with Gasteiger partial charge in [0, 0.05) is 24.1 Å². The summed E-state index contributed by atoms with van der Waals surface area (Å²) in [7, 11) is 0. The molecule has 15 heavy (non-hydrogen) atoms. The minimum Gasteiger partial charge on any atom is -0.309 e. The molecule has 0 N–H and O–H groups in total. The number of amides is 1. The molecule has 2 nitrogen and oxygen atoms in total. The summed E-state index contributed by atoms with van der Waals surface area (Å²) in [6.07, 6.45) is 0. The highest BCUT2D eigenvalue weighted by Gasteiger charge is 2.43. The lowest BCUT2D eigenvalue weighted by Gasteiger charge is -2.29. The fourth-order valence-corrected chi connectivity index (χ4v) is 2.43. The largest absolute Gasteiger partial charge is 0.309 e. The number of rotatable bonds is 0. The van der Waals surface area contributed by atoms with Crippen molar-refractivity contribution < 1.29 is 4.79 Å². The summed E-state index contributed by atoms with van der Waals surface area (Å²) < 4.78 is 0. The third-order valence-electron chi connectivity index (χ3n) is 3.63. The van der Waals surface area contributed by atoms with Crippen LogP contribution in [-0.2, 0) is 10.2 Å². The van der Waals surface area contributed by atoms with Gasteiger partial charge in [-0.15, -0.1) is 0 Å². The number of anilines is 1. The minimum absolute atomic E-state index is 0.0439. The van der Waals surface area contributed by atoms with Crippen molar-refractivity contribution in [2.75, 3.05) is 4.90 Å². The molecular weight excluding hydrogens is 186 g/mol. The number of carbonyl (C=O) groups excluding carboxylic acids is 1. The van der Waals surface area contributed by atoms with Crippen molar-refractivity contribution >= 4 is 11.6 Å². The third-order valence-corrected chi connectivity index (χ3v) is 3.63. The zero-order chi connectivity index (χ0) is 11.2. The van der Waals surface area contributed by atoms with Gasteiger partial charge in [-0.25, -0.2) is 0 Å². The van der Waals surface area contributed by atoms with Crippen molar-refractivity contribution in [2.45, 2.75) is 39.2 Å². The van der Waals surface area contributed by atoms with Crippen LogP contribution >= 0.6 is 0 Å². The van der Waals surface area contributed by atoms with Crippen molar-refractivity contribution in [1.82, 2.24) is 0 Å². The van der Waals surface area contributed by atoms with E-state index in [-0.39, 0.29) is 17.4 Å². The van der Waals surface area contributed by atoms with Gasteiger partial charge < -0.3 is 4.90 Å². The molecule has 1 aromatic carbocycles. The zero-order valence-electron chi connectivity index (χ0n) is 9.74. The van der Waals surface area contributed by atoms with Crippen LogP contribution in [0.2, 0.25) is 0 Å². The van der Waals surface area contributed by atoms with E-state index in [2.05, 4.69) is 26.8 Å². The monoisotopic (exact) mass is 203 g/mol. The van der Waals surface area contributed by atoms with Gasteiger partial charge in [-0.3, -0.25) is 4.79 Å². The van der Waals surface area contributed by atoms with Crippen LogP contribution in [-0.4, -0.2) is 11.9 Å². The molecule has 1 atom stereocenters. The topological polar surface area (TPSA) is 20.3 Å². The van der Waals surface area contributed by atoms with E-state index in [1.54, 1.807) is 6.92 Å². The molecule has 0 aromatic heterocycles. The van der Waals surface area contributed by atoms with Gasteiger partial charge in [0.2, 0.25) is 5.91 Å². The van der Waals surface area contributed by atoms with Crippen molar-refractivity contribution in [2.24, 2.45) is 0 Å². The molecule has 1 aliphatic rings. The maximum atomic E-state index is 11.6. The molecule has 1 aromatic rings. The summed E-state index contributed by atoms with van der Waals surface area (Å²) in [6, 6.07) is 8.41. The van der Waals surface area contributed by atoms with E-state index < -0.39 is 0 Å². The Morgan fingerprint density at radius 3 is 2.53 bits per heavy atom. The molecule has 0 bridgehead atoms. The molecule has 0 radical (unpaired) electrons. The summed E-state index contributed by atoms with van der Waals surface area (Å²) in [5, 5.41) is 0. The number of carbonyl (C=O) groups is 1. The molecule has 2 heteroatoms. The van der Waals surface area contributed by atoms with Crippen LogP contribution in [0.5, 0.6) is 0 Å². The molecular formula is C13H17NO. The third kappa shape index (κ3) is 1.28. The Kier molecular flexibility index (Phi) is 2.10. The average Bonchev–Trinajstić information content (AvgIpc) is 2.36. The van der Waals surface area contributed by atoms with E-state index in [4.69, 9.17) is 0 Å². The smallest absolute Gasteiger partial charge is 0.224 e. The fourth-order valence-electron chi connectivity index (χ4n) is 2.43. The van der Waals surface area contributed by atoms with Crippen LogP contribution in [0, 0.1) is 0 Å². The number of benzene rings is 1. The lowest BCUT2D eigenvalue weighted by Crippen LogP contribution is -2.41. The average molecular weight is 203 g/mol. The van der Waals surface area contributed by atoms with E-state index >= 15 is 0 Å². The summed E-state index contributed by atoms with van der Waals surface area (Å²) >= 11 is 0. The standard InChI is InChI=1S/C13H17NO/c1-9-13(3,4)11-7-5-6-8-12(11)14(9)10(2)15/h5-9H,1-4H3. The van der Waals surface area contributed by atoms with Gasteiger partial charge in [0.05, 0.1) is 0 Å². The SMILES string of the molecule is CC(=O)N1c2ccccc2C(C)(C)C1C. The van der Waals surface area contributed by atoms with Crippen LogP contribution in [0.4, 0.5) is 5.69 Å². The second-order valence-corrected chi connectivity index (χ2v) is 4.80. The van der Waals surface area contributed by atoms with E-state index in [1.165, 1.54) is 5.56 Å². The first-order chi connectivity index (χ1) is 6.96. The van der Waals surface area contributed by atoms with Gasteiger partial charge >= 0.3 is 0 Å². The zero-order valence-corrected chi connectivity index (χ0v) is 9.74. The first kappa shape index (κ1) is 10.2. The lowest BCUT2D eigenvalue weighted by atomic mass is 9.81. The molecule has 80 valence electrons. The number of para-hydroxylation sites is 1. The van der Waals surface area contributed by atoms with Crippen LogP contribution < -0.4 is 4.90 Å². The normalized spacial score (nSPS) is 22.7. The van der Waals surface area contributed by atoms with Gasteiger partial charge in [-0.2, -0.15) is 0 Å². The van der Waals surface area contributed by atoms with Gasteiger partial charge in [-0.1, -0.05) is 32.0 Å². The maximum Gasteiger partial charge on any atom is 0.224 e. The van der Waals surface area contributed by atoms with Crippen LogP contribution in [0.1, 0.15) is 33.3 Å². The quantitative estimate of drug-likeness (QED) is 0.635. The number of hydrogen-bond donors (Lipinski definition) is 0. The van der Waals surface area contributed by atoms with E-state index in [1.807, 2.05) is 23.1 Å². The molecule has 1 unspecified atom stereocenters. The van der Waals surface area contributed by atoms with Gasteiger partial charge in [-0.05, 0) is 18.6 Å². The Balaban J connectivity index is 2.62. The molecule has 0 aliphatic carbocycles. The Bertz CT molecular complexity index is 409. The number of fused-ring (bicyclic) bond motifs is 1. The Morgan fingerprint density at radius 2 is 1.93 bits per heavy atom. The molecule has 2 rings (SSSR count). The predicted octanol–water partition coefficient (Wildman–Crippen LogP) is 2.72. The second-order valence-electron chi connectivity index (χ2n) is 4.80. The molecule has 0 fully saturated rings. The Labute approximate surface area is 90.9 Å². The molecule has 0 saturated carbocycles. The van der Waals surface area contributed by atoms with Crippen molar-refractivity contribution in [1.29, 1.82) is 0 Å². The second kappa shape index (κ2) is 3.09. The maximum absolute atomic E-state index is 11.6. The number of nitrogens with zero attached hydrogens (tertiary/aromatic N) is 1. The highest BCUT2D eigenvalue weighted by atomic mass is 16.2. The molecule has 1 amide bonds. The van der Waals surface area contributed by atoms with Gasteiger partial charge in [0.15, 0.2) is 0 Å². The van der Waals surface area contributed by atoms with E-state index in [0.29, 0.717) is 0 Å². The Morgan fingerprint density at radius 1 is 1.33 bits per heavy atom. The predicted molar refractivity (Wildman–Crippen MR) is 62.1 cm³/mol. The van der Waals surface area contributed by atoms with Crippen LogP contribution in [0.3, 0.4) is 0 Å². The molecule has 1 aliphatic heterocycles. The summed E-state index contributed by atoms with van der Waals surface area (Å²) in [5.74, 6) is 0.125. The fraction of sp³-hybridized carbons (Fsp3) is 0.462. The van der Waals surface area contributed by atoms with Crippen molar-refractivity contribution in [3.8, 4) is 0 Å². The summed E-state index contributed by atoms with van der Waals surface area (Å²) in [6.45, 7) is 8.13. The first-order valence-corrected chi connectivity index (χ1v) is 5.35. The van der Waals surface area contributed by atoms with Gasteiger partial charge in [0.1, 0.15) is 0 Å².